The molecule has 21 heavy (non-hydrogen) atoms. The number of rotatable bonds is 6. The lowest BCUT2D eigenvalue weighted by molar-refractivity contribution is -0.385. The Bertz CT molecular complexity index is 643. The molecule has 0 bridgehead atoms. The summed E-state index contributed by atoms with van der Waals surface area (Å²) in [4.78, 5) is 26.7. The zero-order chi connectivity index (χ0) is 15.2. The van der Waals surface area contributed by atoms with Gasteiger partial charge in [0.05, 0.1) is 11.5 Å². The first-order chi connectivity index (χ1) is 10.1. The van der Waals surface area contributed by atoms with Gasteiger partial charge < -0.3 is 10.6 Å². The minimum atomic E-state index is -0.561. The van der Waals surface area contributed by atoms with E-state index in [0.717, 1.165) is 5.01 Å². The number of carbonyl (C=O) groups excluding carboxylic acids is 1. The highest BCUT2D eigenvalue weighted by Crippen LogP contribution is 2.22. The fourth-order valence-corrected chi connectivity index (χ4v) is 2.34. The van der Waals surface area contributed by atoms with E-state index in [1.807, 2.05) is 6.92 Å². The summed E-state index contributed by atoms with van der Waals surface area (Å²) >= 11 is 1.41. The fourth-order valence-electron chi connectivity index (χ4n) is 1.78. The van der Waals surface area contributed by atoms with Crippen LogP contribution in [0.3, 0.4) is 0 Å². The second-order valence-electron chi connectivity index (χ2n) is 4.13. The fraction of sp³-hybridized carbons (Fsp3) is 0.231. The summed E-state index contributed by atoms with van der Waals surface area (Å²) in [6, 6.07) is 4.40. The Morgan fingerprint density at radius 3 is 2.90 bits per heavy atom. The molecule has 0 unspecified atom stereocenters. The van der Waals surface area contributed by atoms with Gasteiger partial charge in [0.2, 0.25) is 0 Å². The molecule has 2 aromatic rings. The molecule has 0 aliphatic rings. The number of nitrogens with one attached hydrogen (secondary N) is 2. The highest BCUT2D eigenvalue weighted by molar-refractivity contribution is 7.09. The number of nitro benzene ring substituents is 1. The smallest absolute Gasteiger partial charge is 0.282 e. The first-order valence-electron chi connectivity index (χ1n) is 6.30. The molecule has 1 aromatic heterocycles. The molecule has 0 spiro atoms. The molecule has 0 fully saturated rings. The predicted molar refractivity (Wildman–Crippen MR) is 80.5 cm³/mol. The first kappa shape index (κ1) is 14.9. The highest BCUT2D eigenvalue weighted by Gasteiger charge is 2.20. The van der Waals surface area contributed by atoms with Crippen LogP contribution in [0.4, 0.5) is 11.4 Å². The van der Waals surface area contributed by atoms with Gasteiger partial charge in [0.15, 0.2) is 0 Å². The molecular formula is C13H14N4O3S. The zero-order valence-corrected chi connectivity index (χ0v) is 12.1. The van der Waals surface area contributed by atoms with E-state index in [1.54, 1.807) is 17.6 Å². The Morgan fingerprint density at radius 2 is 2.29 bits per heavy atom. The van der Waals surface area contributed by atoms with Gasteiger partial charge in [-0.1, -0.05) is 0 Å². The number of thiazole rings is 1. The molecule has 0 aliphatic heterocycles. The summed E-state index contributed by atoms with van der Waals surface area (Å²) in [7, 11) is 0. The van der Waals surface area contributed by atoms with Crippen molar-refractivity contribution in [3.8, 4) is 0 Å². The summed E-state index contributed by atoms with van der Waals surface area (Å²) in [6.45, 7) is 2.82. The van der Waals surface area contributed by atoms with Crippen molar-refractivity contribution in [2.45, 2.75) is 13.5 Å². The van der Waals surface area contributed by atoms with Crippen LogP contribution in [0.25, 0.3) is 0 Å². The molecular weight excluding hydrogens is 292 g/mol. The van der Waals surface area contributed by atoms with Gasteiger partial charge >= 0.3 is 0 Å². The van der Waals surface area contributed by atoms with Crippen molar-refractivity contribution in [1.82, 2.24) is 10.3 Å². The van der Waals surface area contributed by atoms with Crippen molar-refractivity contribution in [1.29, 1.82) is 0 Å². The van der Waals surface area contributed by atoms with Crippen LogP contribution >= 0.6 is 11.3 Å². The maximum atomic E-state index is 12.2. The quantitative estimate of drug-likeness (QED) is 0.631. The first-order valence-corrected chi connectivity index (χ1v) is 7.18. The normalized spacial score (nSPS) is 10.1. The van der Waals surface area contributed by atoms with E-state index in [2.05, 4.69) is 15.6 Å². The van der Waals surface area contributed by atoms with Crippen molar-refractivity contribution in [2.75, 3.05) is 11.9 Å². The second-order valence-corrected chi connectivity index (χ2v) is 5.11. The van der Waals surface area contributed by atoms with Crippen LogP contribution in [0.2, 0.25) is 0 Å². The van der Waals surface area contributed by atoms with Gasteiger partial charge in [-0.25, -0.2) is 4.98 Å². The van der Waals surface area contributed by atoms with E-state index in [1.165, 1.54) is 23.5 Å². The zero-order valence-electron chi connectivity index (χ0n) is 11.3. The minimum absolute atomic E-state index is 0.0370. The third-order valence-corrected chi connectivity index (χ3v) is 3.48. The van der Waals surface area contributed by atoms with Crippen molar-refractivity contribution < 1.29 is 9.72 Å². The van der Waals surface area contributed by atoms with E-state index in [9.17, 15) is 14.9 Å². The lowest BCUT2D eigenvalue weighted by atomic mass is 10.1. The minimum Gasteiger partial charge on any atom is -0.385 e. The number of nitrogens with zero attached hydrogens (tertiary/aromatic N) is 2. The number of aromatic nitrogens is 1. The van der Waals surface area contributed by atoms with E-state index < -0.39 is 10.8 Å². The molecule has 1 aromatic carbocycles. The Hall–Kier alpha value is -2.48. The van der Waals surface area contributed by atoms with Crippen molar-refractivity contribution in [2.24, 2.45) is 0 Å². The van der Waals surface area contributed by atoms with Crippen molar-refractivity contribution >= 4 is 28.6 Å². The Morgan fingerprint density at radius 1 is 1.48 bits per heavy atom. The Kier molecular flexibility index (Phi) is 4.83. The molecule has 1 amide bonds. The van der Waals surface area contributed by atoms with E-state index >= 15 is 0 Å². The molecule has 110 valence electrons. The predicted octanol–water partition coefficient (Wildman–Crippen LogP) is 2.41. The molecule has 0 atom stereocenters. The summed E-state index contributed by atoms with van der Waals surface area (Å²) in [5.41, 5.74) is 0.491. The number of amides is 1. The topological polar surface area (TPSA) is 97.2 Å². The second kappa shape index (κ2) is 6.80. The molecule has 2 N–H and O–H groups in total. The highest BCUT2D eigenvalue weighted by atomic mass is 32.1. The van der Waals surface area contributed by atoms with Gasteiger partial charge in [-0.15, -0.1) is 11.3 Å². The number of hydrogen-bond acceptors (Lipinski definition) is 6. The monoisotopic (exact) mass is 306 g/mol. The van der Waals surface area contributed by atoms with Gasteiger partial charge in [-0.2, -0.15) is 0 Å². The number of benzene rings is 1. The lowest BCUT2D eigenvalue weighted by Gasteiger charge is -2.08. The van der Waals surface area contributed by atoms with Crippen LogP contribution in [0.1, 0.15) is 22.3 Å². The van der Waals surface area contributed by atoms with Crippen LogP contribution in [0.15, 0.2) is 29.8 Å². The summed E-state index contributed by atoms with van der Waals surface area (Å²) in [5.74, 6) is -0.489. The lowest BCUT2D eigenvalue weighted by Crippen LogP contribution is -2.23. The third kappa shape index (κ3) is 3.76. The number of anilines is 1. The Labute approximate surface area is 125 Å². The Balaban J connectivity index is 2.20. The third-order valence-electron chi connectivity index (χ3n) is 2.70. The van der Waals surface area contributed by atoms with Gasteiger partial charge in [0, 0.05) is 29.9 Å². The molecule has 1 heterocycles. The molecule has 8 heteroatoms. The van der Waals surface area contributed by atoms with Crippen LogP contribution in [0, 0.1) is 10.1 Å². The number of hydrogen-bond donors (Lipinski definition) is 2. The van der Waals surface area contributed by atoms with Gasteiger partial charge in [0.25, 0.3) is 11.6 Å². The largest absolute Gasteiger partial charge is 0.385 e. The van der Waals surface area contributed by atoms with E-state index in [0.29, 0.717) is 12.2 Å². The van der Waals surface area contributed by atoms with Crippen LogP contribution in [-0.4, -0.2) is 22.4 Å². The molecule has 0 saturated carbocycles. The molecule has 2 rings (SSSR count). The van der Waals surface area contributed by atoms with Crippen molar-refractivity contribution in [3.05, 3.63) is 50.5 Å². The van der Waals surface area contributed by atoms with E-state index in [-0.39, 0.29) is 17.8 Å². The average Bonchev–Trinajstić information content (AvgIpc) is 2.98. The summed E-state index contributed by atoms with van der Waals surface area (Å²) in [5, 5.41) is 19.2. The van der Waals surface area contributed by atoms with Crippen molar-refractivity contribution in [3.63, 3.8) is 0 Å². The maximum Gasteiger partial charge on any atom is 0.282 e. The van der Waals surface area contributed by atoms with Gasteiger partial charge in [-0.3, -0.25) is 14.9 Å². The van der Waals surface area contributed by atoms with Crippen LogP contribution in [0.5, 0.6) is 0 Å². The molecule has 0 saturated heterocycles. The summed E-state index contributed by atoms with van der Waals surface area (Å²) in [6.07, 6.45) is 1.64. The summed E-state index contributed by atoms with van der Waals surface area (Å²) < 4.78 is 0. The molecule has 0 radical (unpaired) electrons. The standard InChI is InChI=1S/C13H14N4O3S/c1-2-14-9-3-4-11(17(19)20)10(7-9)13(18)16-8-12-15-5-6-21-12/h3-7,14H,2,8H2,1H3,(H,16,18). The van der Waals surface area contributed by atoms with E-state index in [4.69, 9.17) is 0 Å². The van der Waals surface area contributed by atoms with Crippen LogP contribution < -0.4 is 10.6 Å². The average molecular weight is 306 g/mol. The van der Waals surface area contributed by atoms with Crippen LogP contribution in [-0.2, 0) is 6.54 Å². The number of carbonyl (C=O) groups is 1. The molecule has 7 nitrogen and oxygen atoms in total. The SMILES string of the molecule is CCNc1ccc([N+](=O)[O-])c(C(=O)NCc2nccs2)c1. The van der Waals surface area contributed by atoms with Gasteiger partial charge in [-0.05, 0) is 19.1 Å². The van der Waals surface area contributed by atoms with Gasteiger partial charge in [0.1, 0.15) is 10.6 Å². The molecule has 0 aliphatic carbocycles. The number of nitro groups is 1. The maximum absolute atomic E-state index is 12.2.